The standard InChI is InChI=1S/C15H20BrN3O2/c16-12-1-2-13(17-9-12)19-8-5-15(11-19)3-6-18(7-4-15)14(21)10-20/h1-2,9,20H,3-8,10-11H2. The molecule has 1 amide bonds. The Labute approximate surface area is 133 Å². The van der Waals surface area contributed by atoms with Crippen LogP contribution in [0.5, 0.6) is 0 Å². The van der Waals surface area contributed by atoms with E-state index in [0.29, 0.717) is 5.41 Å². The number of carbonyl (C=O) groups excluding carboxylic acids is 1. The van der Waals surface area contributed by atoms with E-state index in [0.717, 1.165) is 55.7 Å². The Kier molecular flexibility index (Phi) is 4.17. The van der Waals surface area contributed by atoms with E-state index in [1.165, 1.54) is 0 Å². The predicted octanol–water partition coefficient (Wildman–Crippen LogP) is 1.66. The van der Waals surface area contributed by atoms with Crippen molar-refractivity contribution in [1.29, 1.82) is 0 Å². The quantitative estimate of drug-likeness (QED) is 0.878. The zero-order valence-corrected chi connectivity index (χ0v) is 13.5. The Morgan fingerprint density at radius 2 is 2.00 bits per heavy atom. The van der Waals surface area contributed by atoms with Crippen molar-refractivity contribution in [2.24, 2.45) is 5.41 Å². The zero-order valence-electron chi connectivity index (χ0n) is 12.0. The second-order valence-electron chi connectivity index (χ2n) is 6.05. The summed E-state index contributed by atoms with van der Waals surface area (Å²) in [5.41, 5.74) is 0.307. The molecule has 1 N–H and O–H groups in total. The first-order valence-corrected chi connectivity index (χ1v) is 8.16. The summed E-state index contributed by atoms with van der Waals surface area (Å²) in [5.74, 6) is 0.887. The number of anilines is 1. The van der Waals surface area contributed by atoms with Gasteiger partial charge in [0.05, 0.1) is 0 Å². The molecule has 0 radical (unpaired) electrons. The molecule has 1 spiro atoms. The number of pyridine rings is 1. The fourth-order valence-electron chi connectivity index (χ4n) is 3.42. The molecular formula is C15H20BrN3O2. The summed E-state index contributed by atoms with van der Waals surface area (Å²) in [6.45, 7) is 3.20. The topological polar surface area (TPSA) is 56.7 Å². The molecule has 0 bridgehead atoms. The van der Waals surface area contributed by atoms with Crippen LogP contribution in [-0.4, -0.2) is 53.7 Å². The highest BCUT2D eigenvalue weighted by atomic mass is 79.9. The van der Waals surface area contributed by atoms with E-state index in [9.17, 15) is 4.79 Å². The van der Waals surface area contributed by atoms with E-state index in [-0.39, 0.29) is 12.5 Å². The Morgan fingerprint density at radius 3 is 2.62 bits per heavy atom. The molecule has 2 saturated heterocycles. The summed E-state index contributed by atoms with van der Waals surface area (Å²) in [5, 5.41) is 8.95. The van der Waals surface area contributed by atoms with Gasteiger partial charge in [-0.25, -0.2) is 4.98 Å². The molecule has 0 unspecified atom stereocenters. The van der Waals surface area contributed by atoms with Gasteiger partial charge in [-0.05, 0) is 52.7 Å². The molecule has 0 aliphatic carbocycles. The van der Waals surface area contributed by atoms with Crippen LogP contribution in [0.1, 0.15) is 19.3 Å². The largest absolute Gasteiger partial charge is 0.387 e. The lowest BCUT2D eigenvalue weighted by Crippen LogP contribution is -2.45. The third kappa shape index (κ3) is 3.06. The average Bonchev–Trinajstić information content (AvgIpc) is 2.92. The molecule has 2 fully saturated rings. The number of rotatable bonds is 2. The molecule has 0 atom stereocenters. The SMILES string of the molecule is O=C(CO)N1CCC2(CC1)CCN(c1ccc(Br)cn1)C2. The Morgan fingerprint density at radius 1 is 1.29 bits per heavy atom. The summed E-state index contributed by atoms with van der Waals surface area (Å²) < 4.78 is 0.996. The summed E-state index contributed by atoms with van der Waals surface area (Å²) in [6, 6.07) is 4.07. The predicted molar refractivity (Wildman–Crippen MR) is 84.1 cm³/mol. The van der Waals surface area contributed by atoms with Crippen molar-refractivity contribution in [3.63, 3.8) is 0 Å². The van der Waals surface area contributed by atoms with Crippen molar-refractivity contribution in [3.8, 4) is 0 Å². The average molecular weight is 354 g/mol. The third-order valence-corrected chi connectivity index (χ3v) is 5.26. The molecule has 21 heavy (non-hydrogen) atoms. The lowest BCUT2D eigenvalue weighted by molar-refractivity contribution is -0.136. The first-order valence-electron chi connectivity index (χ1n) is 7.37. The summed E-state index contributed by atoms with van der Waals surface area (Å²) in [4.78, 5) is 20.1. The van der Waals surface area contributed by atoms with Crippen LogP contribution in [0.25, 0.3) is 0 Å². The maximum atomic E-state index is 11.5. The van der Waals surface area contributed by atoms with Gasteiger partial charge in [0.15, 0.2) is 0 Å². The molecule has 3 heterocycles. The minimum Gasteiger partial charge on any atom is -0.387 e. The van der Waals surface area contributed by atoms with Crippen molar-refractivity contribution < 1.29 is 9.90 Å². The van der Waals surface area contributed by atoms with E-state index in [1.54, 1.807) is 4.90 Å². The number of carbonyl (C=O) groups is 1. The van der Waals surface area contributed by atoms with Gasteiger partial charge >= 0.3 is 0 Å². The smallest absolute Gasteiger partial charge is 0.248 e. The number of aliphatic hydroxyl groups excluding tert-OH is 1. The molecular weight excluding hydrogens is 334 g/mol. The molecule has 2 aliphatic rings. The third-order valence-electron chi connectivity index (χ3n) is 4.79. The van der Waals surface area contributed by atoms with Crippen LogP contribution in [-0.2, 0) is 4.79 Å². The molecule has 5 nitrogen and oxygen atoms in total. The fourth-order valence-corrected chi connectivity index (χ4v) is 3.66. The molecule has 0 aromatic carbocycles. The Balaban J connectivity index is 1.62. The van der Waals surface area contributed by atoms with Gasteiger partial charge in [0, 0.05) is 36.8 Å². The minimum atomic E-state index is -0.373. The van der Waals surface area contributed by atoms with Crippen molar-refractivity contribution in [1.82, 2.24) is 9.88 Å². The van der Waals surface area contributed by atoms with E-state index in [4.69, 9.17) is 5.11 Å². The maximum Gasteiger partial charge on any atom is 0.248 e. The number of piperidine rings is 1. The van der Waals surface area contributed by atoms with Crippen molar-refractivity contribution >= 4 is 27.7 Å². The van der Waals surface area contributed by atoms with Crippen LogP contribution >= 0.6 is 15.9 Å². The van der Waals surface area contributed by atoms with Crippen LogP contribution in [0.4, 0.5) is 5.82 Å². The van der Waals surface area contributed by atoms with E-state index >= 15 is 0 Å². The van der Waals surface area contributed by atoms with Crippen molar-refractivity contribution in [2.75, 3.05) is 37.7 Å². The fraction of sp³-hybridized carbons (Fsp3) is 0.600. The molecule has 1 aromatic rings. The lowest BCUT2D eigenvalue weighted by atomic mass is 9.78. The highest BCUT2D eigenvalue weighted by Gasteiger charge is 2.41. The van der Waals surface area contributed by atoms with Crippen molar-refractivity contribution in [2.45, 2.75) is 19.3 Å². The van der Waals surface area contributed by atoms with Gasteiger partial charge in [-0.3, -0.25) is 4.79 Å². The van der Waals surface area contributed by atoms with E-state index < -0.39 is 0 Å². The molecule has 3 rings (SSSR count). The lowest BCUT2D eigenvalue weighted by Gasteiger charge is -2.39. The zero-order chi connectivity index (χ0) is 14.9. The van der Waals surface area contributed by atoms with Crippen LogP contribution in [0, 0.1) is 5.41 Å². The monoisotopic (exact) mass is 353 g/mol. The normalized spacial score (nSPS) is 21.0. The van der Waals surface area contributed by atoms with Gasteiger partial charge in [0.2, 0.25) is 5.91 Å². The summed E-state index contributed by atoms with van der Waals surface area (Å²) in [7, 11) is 0. The second-order valence-corrected chi connectivity index (χ2v) is 6.96. The van der Waals surface area contributed by atoms with Gasteiger partial charge in [-0.15, -0.1) is 0 Å². The number of aromatic nitrogens is 1. The highest BCUT2D eigenvalue weighted by Crippen LogP contribution is 2.41. The molecule has 2 aliphatic heterocycles. The number of nitrogens with zero attached hydrogens (tertiary/aromatic N) is 3. The van der Waals surface area contributed by atoms with Gasteiger partial charge in [0.25, 0.3) is 0 Å². The maximum absolute atomic E-state index is 11.5. The number of likely N-dealkylation sites (tertiary alicyclic amines) is 1. The summed E-state index contributed by atoms with van der Waals surface area (Å²) >= 11 is 3.41. The first-order chi connectivity index (χ1) is 10.1. The van der Waals surface area contributed by atoms with Gasteiger partial charge in [0.1, 0.15) is 12.4 Å². The van der Waals surface area contributed by atoms with E-state index in [1.807, 2.05) is 18.3 Å². The number of halogens is 1. The van der Waals surface area contributed by atoms with Crippen LogP contribution in [0.3, 0.4) is 0 Å². The van der Waals surface area contributed by atoms with Crippen LogP contribution in [0.15, 0.2) is 22.8 Å². The first kappa shape index (κ1) is 14.8. The highest BCUT2D eigenvalue weighted by molar-refractivity contribution is 9.10. The minimum absolute atomic E-state index is 0.144. The van der Waals surface area contributed by atoms with Gasteiger partial charge in [-0.2, -0.15) is 0 Å². The van der Waals surface area contributed by atoms with Crippen LogP contribution < -0.4 is 4.90 Å². The van der Waals surface area contributed by atoms with Crippen molar-refractivity contribution in [3.05, 3.63) is 22.8 Å². The van der Waals surface area contributed by atoms with Crippen LogP contribution in [0.2, 0.25) is 0 Å². The molecule has 0 saturated carbocycles. The Bertz CT molecular complexity index is 512. The van der Waals surface area contributed by atoms with Gasteiger partial charge in [-0.1, -0.05) is 0 Å². The van der Waals surface area contributed by atoms with Gasteiger partial charge < -0.3 is 14.9 Å². The number of hydrogen-bond acceptors (Lipinski definition) is 4. The molecule has 114 valence electrons. The second kappa shape index (κ2) is 5.93. The number of aliphatic hydroxyl groups is 1. The Hall–Kier alpha value is -1.14. The molecule has 1 aromatic heterocycles. The number of amides is 1. The number of hydrogen-bond donors (Lipinski definition) is 1. The van der Waals surface area contributed by atoms with E-state index in [2.05, 4.69) is 25.8 Å². The summed E-state index contributed by atoms with van der Waals surface area (Å²) in [6.07, 6.45) is 5.03. The molecule has 6 heteroatoms.